The molecule has 34 heavy (non-hydrogen) atoms. The van der Waals surface area contributed by atoms with Crippen molar-refractivity contribution in [1.29, 1.82) is 0 Å². The summed E-state index contributed by atoms with van der Waals surface area (Å²) >= 11 is 0. The van der Waals surface area contributed by atoms with Gasteiger partial charge in [0.25, 0.3) is 0 Å². The van der Waals surface area contributed by atoms with Crippen LogP contribution in [0.1, 0.15) is 52.7 Å². The summed E-state index contributed by atoms with van der Waals surface area (Å²) in [5.41, 5.74) is 2.35. The highest BCUT2D eigenvalue weighted by molar-refractivity contribution is 6.76. The Morgan fingerprint density at radius 2 is 0.706 bits per heavy atom. The molecule has 0 bridgehead atoms. The molecule has 2 aromatic rings. The van der Waals surface area contributed by atoms with E-state index in [1.165, 1.54) is 11.1 Å². The lowest BCUT2D eigenvalue weighted by Gasteiger charge is -2.31. The molecular weight excluding hydrogens is 464 g/mol. The molecule has 0 radical (unpaired) electrons. The zero-order valence-electron chi connectivity index (χ0n) is 21.7. The van der Waals surface area contributed by atoms with Crippen LogP contribution in [0.5, 0.6) is 0 Å². The van der Waals surface area contributed by atoms with Crippen LogP contribution >= 0.6 is 0 Å². The molecule has 0 aliphatic rings. The predicted octanol–water partition coefficient (Wildman–Crippen LogP) is 3.98. The van der Waals surface area contributed by atoms with Crippen molar-refractivity contribution in [3.8, 4) is 0 Å². The molecule has 0 atom stereocenters. The first-order chi connectivity index (χ1) is 16.6. The molecule has 0 heterocycles. The second-order valence-electron chi connectivity index (χ2n) is 7.52. The van der Waals surface area contributed by atoms with Crippen molar-refractivity contribution in [1.82, 2.24) is 0 Å². The lowest BCUT2D eigenvalue weighted by molar-refractivity contribution is 0.0848. The van der Waals surface area contributed by atoms with Gasteiger partial charge in [-0.3, -0.25) is 0 Å². The zero-order chi connectivity index (χ0) is 24.9. The normalized spacial score (nSPS) is 12.3. The fourth-order valence-electron chi connectivity index (χ4n) is 4.20. The van der Waals surface area contributed by atoms with Gasteiger partial charge in [-0.15, -0.1) is 0 Å². The highest BCUT2D eigenvalue weighted by Gasteiger charge is 2.46. The molecular formula is C26H42O6Si2. The maximum atomic E-state index is 6.20. The maximum Gasteiger partial charge on any atom is 0.537 e. The van der Waals surface area contributed by atoms with E-state index in [0.29, 0.717) is 39.6 Å². The summed E-state index contributed by atoms with van der Waals surface area (Å²) in [6.07, 6.45) is 1.62. The van der Waals surface area contributed by atoms with Crippen molar-refractivity contribution in [3.63, 3.8) is 0 Å². The summed E-state index contributed by atoms with van der Waals surface area (Å²) in [6, 6.07) is 16.7. The Balaban J connectivity index is 2.44. The van der Waals surface area contributed by atoms with Gasteiger partial charge in [0.15, 0.2) is 0 Å². The van der Waals surface area contributed by atoms with E-state index in [2.05, 4.69) is 36.4 Å². The zero-order valence-corrected chi connectivity index (χ0v) is 23.7. The minimum atomic E-state index is -3.01. The smallest absolute Gasteiger partial charge is 0.370 e. The van der Waals surface area contributed by atoms with Crippen LogP contribution in [-0.4, -0.2) is 57.3 Å². The quantitative estimate of drug-likeness (QED) is 0.303. The fraction of sp³-hybridized carbons (Fsp3) is 0.538. The lowest BCUT2D eigenvalue weighted by atomic mass is 10.0. The van der Waals surface area contributed by atoms with Crippen molar-refractivity contribution in [3.05, 3.63) is 59.7 Å². The molecule has 0 saturated carbocycles. The molecule has 0 aliphatic heterocycles. The molecule has 0 aromatic heterocycles. The summed E-state index contributed by atoms with van der Waals surface area (Å²) in [5.74, 6) is 0. The van der Waals surface area contributed by atoms with Gasteiger partial charge in [-0.05, 0) is 65.5 Å². The van der Waals surface area contributed by atoms with Gasteiger partial charge in [-0.2, -0.15) is 0 Å². The van der Waals surface area contributed by atoms with E-state index in [9.17, 15) is 0 Å². The molecule has 2 aromatic carbocycles. The summed E-state index contributed by atoms with van der Waals surface area (Å²) in [5, 5.41) is 2.09. The second-order valence-corrected chi connectivity index (χ2v) is 12.6. The van der Waals surface area contributed by atoms with Crippen LogP contribution in [0.3, 0.4) is 0 Å². The molecule has 6 nitrogen and oxygen atoms in total. The van der Waals surface area contributed by atoms with Crippen LogP contribution in [0.4, 0.5) is 0 Å². The Morgan fingerprint density at radius 1 is 0.441 bits per heavy atom. The Hall–Kier alpha value is -1.37. The standard InChI is InChI=1S/C26H42O6Si2/c1-7-27-33(28-8-2,29-9-3)25-19-15-13-17-23(25)21-22-24-18-14-16-20-26(24)34(30-10-4,31-11-5)32-12-6/h13-20H,7-12,21-22H2,1-6H3. The minimum Gasteiger partial charge on any atom is -0.370 e. The van der Waals surface area contributed by atoms with Gasteiger partial charge in [0.2, 0.25) is 0 Å². The summed E-state index contributed by atoms with van der Waals surface area (Å²) in [4.78, 5) is 0. The summed E-state index contributed by atoms with van der Waals surface area (Å²) in [6.45, 7) is 15.1. The Morgan fingerprint density at radius 3 is 0.971 bits per heavy atom. The van der Waals surface area contributed by atoms with Crippen LogP contribution in [0, 0.1) is 0 Å². The summed E-state index contributed by atoms with van der Waals surface area (Å²) < 4.78 is 37.2. The molecule has 0 fully saturated rings. The Bertz CT molecular complexity index is 744. The monoisotopic (exact) mass is 506 g/mol. The fourth-order valence-corrected chi connectivity index (χ4v) is 9.72. The van der Waals surface area contributed by atoms with Gasteiger partial charge in [-0.25, -0.2) is 0 Å². The molecule has 0 saturated heterocycles. The Kier molecular flexibility index (Phi) is 12.7. The number of hydrogen-bond donors (Lipinski definition) is 0. The van der Waals surface area contributed by atoms with E-state index < -0.39 is 17.6 Å². The van der Waals surface area contributed by atoms with E-state index >= 15 is 0 Å². The van der Waals surface area contributed by atoms with Crippen LogP contribution in [0.25, 0.3) is 0 Å². The van der Waals surface area contributed by atoms with Crippen LogP contribution in [0.2, 0.25) is 0 Å². The molecule has 0 unspecified atom stereocenters. The van der Waals surface area contributed by atoms with Gasteiger partial charge in [0, 0.05) is 50.0 Å². The highest BCUT2D eigenvalue weighted by atomic mass is 28.4. The third-order valence-corrected chi connectivity index (χ3v) is 11.7. The number of hydrogen-bond acceptors (Lipinski definition) is 6. The molecule has 8 heteroatoms. The third kappa shape index (κ3) is 7.08. The molecule has 0 N–H and O–H groups in total. The van der Waals surface area contributed by atoms with Crippen molar-refractivity contribution in [2.75, 3.05) is 39.6 Å². The number of benzene rings is 2. The maximum absolute atomic E-state index is 6.20. The first kappa shape index (κ1) is 28.9. The largest absolute Gasteiger partial charge is 0.537 e. The van der Waals surface area contributed by atoms with Crippen molar-refractivity contribution in [2.45, 2.75) is 54.4 Å². The van der Waals surface area contributed by atoms with Crippen molar-refractivity contribution in [2.24, 2.45) is 0 Å². The third-order valence-electron chi connectivity index (χ3n) is 5.36. The van der Waals surface area contributed by atoms with Gasteiger partial charge < -0.3 is 26.6 Å². The van der Waals surface area contributed by atoms with Crippen molar-refractivity contribution < 1.29 is 26.6 Å². The molecule has 0 aliphatic carbocycles. The first-order valence-corrected chi connectivity index (χ1v) is 16.0. The molecule has 2 rings (SSSR count). The van der Waals surface area contributed by atoms with Crippen LogP contribution < -0.4 is 10.4 Å². The SMILES string of the molecule is CCO[Si](OCC)(OCC)c1ccccc1CCc1ccccc1[Si](OCC)(OCC)OCC. The van der Waals surface area contributed by atoms with Gasteiger partial charge in [-0.1, -0.05) is 48.5 Å². The Labute approximate surface area is 208 Å². The highest BCUT2D eigenvalue weighted by Crippen LogP contribution is 2.18. The molecule has 190 valence electrons. The average Bonchev–Trinajstić information content (AvgIpc) is 2.84. The van der Waals surface area contributed by atoms with Crippen LogP contribution in [0.15, 0.2) is 48.5 Å². The van der Waals surface area contributed by atoms with E-state index in [1.807, 2.05) is 53.7 Å². The second kappa shape index (κ2) is 14.9. The first-order valence-electron chi connectivity index (χ1n) is 12.6. The van der Waals surface area contributed by atoms with Gasteiger partial charge >= 0.3 is 17.6 Å². The van der Waals surface area contributed by atoms with Gasteiger partial charge in [0.1, 0.15) is 0 Å². The van der Waals surface area contributed by atoms with Gasteiger partial charge in [0.05, 0.1) is 0 Å². The predicted molar refractivity (Wildman–Crippen MR) is 141 cm³/mol. The van der Waals surface area contributed by atoms with Crippen molar-refractivity contribution >= 4 is 28.0 Å². The molecule has 0 spiro atoms. The summed E-state index contributed by atoms with van der Waals surface area (Å²) in [7, 11) is -6.02. The van der Waals surface area contributed by atoms with E-state index in [-0.39, 0.29) is 0 Å². The number of aryl methyl sites for hydroxylation is 2. The van der Waals surface area contributed by atoms with E-state index in [0.717, 1.165) is 23.2 Å². The number of rotatable bonds is 17. The average molecular weight is 507 g/mol. The topological polar surface area (TPSA) is 55.4 Å². The molecule has 0 amide bonds. The van der Waals surface area contributed by atoms with Crippen LogP contribution in [-0.2, 0) is 39.4 Å². The minimum absolute atomic E-state index is 0.536. The lowest BCUT2D eigenvalue weighted by Crippen LogP contribution is -2.58. The van der Waals surface area contributed by atoms with E-state index in [1.54, 1.807) is 0 Å². The van der Waals surface area contributed by atoms with E-state index in [4.69, 9.17) is 26.6 Å².